The minimum absolute atomic E-state index is 0.0167. The lowest BCUT2D eigenvalue weighted by molar-refractivity contribution is -0.145. The average Bonchev–Trinajstić information content (AvgIpc) is 2.64. The van der Waals surface area contributed by atoms with Crippen molar-refractivity contribution in [3.05, 3.63) is 30.1 Å². The van der Waals surface area contributed by atoms with Crippen LogP contribution in [0.5, 0.6) is 0 Å². The van der Waals surface area contributed by atoms with Gasteiger partial charge in [0, 0.05) is 44.3 Å². The number of carbonyl (C=O) groups excluding carboxylic acids is 2. The minimum Gasteiger partial charge on any atom is -0.372 e. The molecule has 2 aliphatic heterocycles. The Morgan fingerprint density at radius 3 is 2.96 bits per heavy atom. The Morgan fingerprint density at radius 1 is 1.32 bits per heavy atom. The lowest BCUT2D eigenvalue weighted by Crippen LogP contribution is -2.55. The second kappa shape index (κ2) is 7.95. The standard InChI is InChI=1S/C19H27N3O3/c1-2-25-13-18(24)21-11-5-8-19(14-21)9-7-17(23)22(15-19)12-16-6-3-4-10-20-16/h3-4,6,10H,2,5,7-9,11-15H2,1H3/t19-/m1/s1. The quantitative estimate of drug-likeness (QED) is 0.817. The van der Waals surface area contributed by atoms with Gasteiger partial charge in [-0.3, -0.25) is 14.6 Å². The van der Waals surface area contributed by atoms with Gasteiger partial charge >= 0.3 is 0 Å². The van der Waals surface area contributed by atoms with Crippen LogP contribution in [-0.4, -0.2) is 59.4 Å². The molecule has 2 aliphatic rings. The maximum atomic E-state index is 12.4. The van der Waals surface area contributed by atoms with E-state index < -0.39 is 0 Å². The molecule has 25 heavy (non-hydrogen) atoms. The summed E-state index contributed by atoms with van der Waals surface area (Å²) in [5.41, 5.74) is 0.927. The molecule has 2 amide bonds. The minimum atomic E-state index is 0.0167. The molecule has 2 saturated heterocycles. The number of likely N-dealkylation sites (tertiary alicyclic amines) is 2. The van der Waals surface area contributed by atoms with Gasteiger partial charge in [-0.25, -0.2) is 0 Å². The van der Waals surface area contributed by atoms with E-state index in [9.17, 15) is 9.59 Å². The van der Waals surface area contributed by atoms with Gasteiger partial charge in [0.2, 0.25) is 11.8 Å². The summed E-state index contributed by atoms with van der Waals surface area (Å²) >= 11 is 0. The van der Waals surface area contributed by atoms with Gasteiger partial charge in [0.15, 0.2) is 0 Å². The van der Waals surface area contributed by atoms with Crippen LogP contribution < -0.4 is 0 Å². The maximum absolute atomic E-state index is 12.4. The lowest BCUT2D eigenvalue weighted by atomic mass is 9.73. The Labute approximate surface area is 149 Å². The molecule has 3 rings (SSSR count). The summed E-state index contributed by atoms with van der Waals surface area (Å²) in [6.45, 7) is 5.38. The predicted octanol–water partition coefficient (Wildman–Crippen LogP) is 1.85. The van der Waals surface area contributed by atoms with Gasteiger partial charge in [-0.05, 0) is 38.3 Å². The molecular weight excluding hydrogens is 318 g/mol. The Kier molecular flexibility index (Phi) is 5.68. The predicted molar refractivity (Wildman–Crippen MR) is 93.6 cm³/mol. The molecule has 6 heteroatoms. The second-order valence-corrected chi connectivity index (χ2v) is 7.13. The first kappa shape index (κ1) is 17.9. The van der Waals surface area contributed by atoms with E-state index in [1.54, 1.807) is 6.20 Å². The van der Waals surface area contributed by atoms with Crippen molar-refractivity contribution in [2.24, 2.45) is 5.41 Å². The number of carbonyl (C=O) groups is 2. The first-order valence-electron chi connectivity index (χ1n) is 9.15. The average molecular weight is 345 g/mol. The molecular formula is C19H27N3O3. The molecule has 1 atom stereocenters. The van der Waals surface area contributed by atoms with Gasteiger partial charge in [-0.1, -0.05) is 6.07 Å². The molecule has 0 aromatic carbocycles. The normalized spacial score (nSPS) is 24.0. The third-order valence-corrected chi connectivity index (χ3v) is 5.27. The second-order valence-electron chi connectivity index (χ2n) is 7.13. The number of hydrogen-bond donors (Lipinski definition) is 0. The summed E-state index contributed by atoms with van der Waals surface area (Å²) in [7, 11) is 0. The highest BCUT2D eigenvalue weighted by atomic mass is 16.5. The molecule has 3 heterocycles. The molecule has 0 bridgehead atoms. The van der Waals surface area contributed by atoms with Crippen LogP contribution in [0.25, 0.3) is 0 Å². The molecule has 0 unspecified atom stereocenters. The first-order chi connectivity index (χ1) is 12.1. The van der Waals surface area contributed by atoms with E-state index in [1.807, 2.05) is 34.9 Å². The fraction of sp³-hybridized carbons (Fsp3) is 0.632. The van der Waals surface area contributed by atoms with E-state index in [-0.39, 0.29) is 23.8 Å². The fourth-order valence-corrected chi connectivity index (χ4v) is 3.97. The van der Waals surface area contributed by atoms with E-state index in [0.717, 1.165) is 38.0 Å². The largest absolute Gasteiger partial charge is 0.372 e. The van der Waals surface area contributed by atoms with E-state index in [4.69, 9.17) is 4.74 Å². The van der Waals surface area contributed by atoms with E-state index in [0.29, 0.717) is 26.1 Å². The summed E-state index contributed by atoms with van der Waals surface area (Å²) in [6.07, 6.45) is 5.23. The van der Waals surface area contributed by atoms with E-state index in [2.05, 4.69) is 4.98 Å². The molecule has 0 aliphatic carbocycles. The molecule has 0 saturated carbocycles. The number of rotatable bonds is 5. The number of aromatic nitrogens is 1. The SMILES string of the molecule is CCOCC(=O)N1CCC[C@@]2(CCC(=O)N(Cc3ccccn3)C2)C1. The van der Waals surface area contributed by atoms with Crippen LogP contribution in [0, 0.1) is 5.41 Å². The molecule has 2 fully saturated rings. The number of amides is 2. The van der Waals surface area contributed by atoms with Crippen molar-refractivity contribution in [1.82, 2.24) is 14.8 Å². The van der Waals surface area contributed by atoms with Gasteiger partial charge in [-0.15, -0.1) is 0 Å². The van der Waals surface area contributed by atoms with Crippen molar-refractivity contribution in [3.63, 3.8) is 0 Å². The zero-order valence-electron chi connectivity index (χ0n) is 14.9. The van der Waals surface area contributed by atoms with E-state index >= 15 is 0 Å². The topological polar surface area (TPSA) is 62.7 Å². The third-order valence-electron chi connectivity index (χ3n) is 5.27. The Bertz CT molecular complexity index is 607. The molecule has 6 nitrogen and oxygen atoms in total. The van der Waals surface area contributed by atoms with Crippen molar-refractivity contribution in [1.29, 1.82) is 0 Å². The monoisotopic (exact) mass is 345 g/mol. The molecule has 136 valence electrons. The van der Waals surface area contributed by atoms with Gasteiger partial charge in [-0.2, -0.15) is 0 Å². The van der Waals surface area contributed by atoms with Crippen LogP contribution in [0.15, 0.2) is 24.4 Å². The summed E-state index contributed by atoms with van der Waals surface area (Å²) in [6, 6.07) is 5.78. The van der Waals surface area contributed by atoms with Gasteiger partial charge in [0.25, 0.3) is 0 Å². The number of hydrogen-bond acceptors (Lipinski definition) is 4. The van der Waals surface area contributed by atoms with Gasteiger partial charge in [0.1, 0.15) is 6.61 Å². The first-order valence-corrected chi connectivity index (χ1v) is 9.15. The van der Waals surface area contributed by atoms with Crippen LogP contribution in [-0.2, 0) is 20.9 Å². The van der Waals surface area contributed by atoms with Crippen LogP contribution in [0.4, 0.5) is 0 Å². The molecule has 1 aromatic rings. The summed E-state index contributed by atoms with van der Waals surface area (Å²) in [4.78, 5) is 32.9. The van der Waals surface area contributed by atoms with Crippen molar-refractivity contribution in [2.45, 2.75) is 39.2 Å². The zero-order valence-corrected chi connectivity index (χ0v) is 14.9. The molecule has 0 N–H and O–H groups in total. The fourth-order valence-electron chi connectivity index (χ4n) is 3.97. The van der Waals surface area contributed by atoms with Gasteiger partial charge < -0.3 is 14.5 Å². The van der Waals surface area contributed by atoms with Crippen molar-refractivity contribution < 1.29 is 14.3 Å². The maximum Gasteiger partial charge on any atom is 0.248 e. The summed E-state index contributed by atoms with van der Waals surface area (Å²) in [5, 5.41) is 0. The smallest absolute Gasteiger partial charge is 0.248 e. The molecule has 0 radical (unpaired) electrons. The number of pyridine rings is 1. The highest BCUT2D eigenvalue weighted by Gasteiger charge is 2.42. The van der Waals surface area contributed by atoms with Gasteiger partial charge in [0.05, 0.1) is 12.2 Å². The zero-order chi connectivity index (χ0) is 17.7. The summed E-state index contributed by atoms with van der Waals surface area (Å²) < 4.78 is 5.28. The van der Waals surface area contributed by atoms with Crippen LogP contribution in [0.1, 0.15) is 38.3 Å². The highest BCUT2D eigenvalue weighted by Crippen LogP contribution is 2.39. The summed E-state index contributed by atoms with van der Waals surface area (Å²) in [5.74, 6) is 0.253. The van der Waals surface area contributed by atoms with Crippen molar-refractivity contribution >= 4 is 11.8 Å². The molecule has 1 spiro atoms. The number of nitrogens with zero attached hydrogens (tertiary/aromatic N) is 3. The van der Waals surface area contributed by atoms with Crippen LogP contribution >= 0.6 is 0 Å². The Balaban J connectivity index is 1.66. The number of piperidine rings is 2. The van der Waals surface area contributed by atoms with Crippen LogP contribution in [0.3, 0.4) is 0 Å². The Hall–Kier alpha value is -1.95. The molecule has 1 aromatic heterocycles. The van der Waals surface area contributed by atoms with Crippen molar-refractivity contribution in [2.75, 3.05) is 32.8 Å². The van der Waals surface area contributed by atoms with Crippen LogP contribution in [0.2, 0.25) is 0 Å². The lowest BCUT2D eigenvalue weighted by Gasteiger charge is -2.48. The third kappa shape index (κ3) is 4.37. The highest BCUT2D eigenvalue weighted by molar-refractivity contribution is 5.78. The number of ether oxygens (including phenoxy) is 1. The van der Waals surface area contributed by atoms with Crippen molar-refractivity contribution in [3.8, 4) is 0 Å². The van der Waals surface area contributed by atoms with E-state index in [1.165, 1.54) is 0 Å². The Morgan fingerprint density at radius 2 is 2.20 bits per heavy atom.